The molecule has 3 rings (SSSR count). The molecule has 0 spiro atoms. The second-order valence-corrected chi connectivity index (χ2v) is 5.81. The maximum Gasteiger partial charge on any atom is 0.496 e. The Morgan fingerprint density at radius 2 is 1.90 bits per heavy atom. The van der Waals surface area contributed by atoms with Gasteiger partial charge in [-0.15, -0.1) is 0 Å². The summed E-state index contributed by atoms with van der Waals surface area (Å²) >= 11 is 0. The minimum atomic E-state index is -0.512. The molecule has 0 aromatic carbocycles. The first-order chi connectivity index (χ1) is 10.6. The molecule has 1 saturated heterocycles. The molecule has 1 aliphatic heterocycles. The third-order valence-corrected chi connectivity index (χ3v) is 3.89. The van der Waals surface area contributed by atoms with Crippen molar-refractivity contribution in [3.8, 4) is 5.82 Å². The summed E-state index contributed by atoms with van der Waals surface area (Å²) < 4.78 is 36.1. The molecule has 5 nitrogen and oxygen atoms in total. The van der Waals surface area contributed by atoms with Gasteiger partial charge in [-0.05, 0) is 33.8 Å². The van der Waals surface area contributed by atoms with Crippen LogP contribution in [-0.2, 0) is 9.31 Å². The van der Waals surface area contributed by atoms with Gasteiger partial charge in [0.1, 0.15) is 13.5 Å². The van der Waals surface area contributed by atoms with Crippen LogP contribution < -0.4 is 5.46 Å². The van der Waals surface area contributed by atoms with E-state index in [1.54, 1.807) is 18.3 Å². The topological polar surface area (TPSA) is 49.2 Å². The molecule has 104 valence electrons. The maximum atomic E-state index is 7.78. The fourth-order valence-corrected chi connectivity index (χ4v) is 1.93. The molecule has 0 unspecified atom stereocenters. The molecule has 1 fully saturated rings. The van der Waals surface area contributed by atoms with E-state index in [9.17, 15) is 0 Å². The van der Waals surface area contributed by atoms with Crippen molar-refractivity contribution in [2.45, 2.75) is 38.9 Å². The minimum Gasteiger partial charge on any atom is -0.399 e. The van der Waals surface area contributed by atoms with Gasteiger partial charge >= 0.3 is 7.12 Å². The number of hydrogen-bond acceptors (Lipinski definition) is 4. The largest absolute Gasteiger partial charge is 0.496 e. The highest BCUT2D eigenvalue weighted by Gasteiger charge is 2.51. The van der Waals surface area contributed by atoms with Crippen molar-refractivity contribution < 1.29 is 13.4 Å². The van der Waals surface area contributed by atoms with Crippen molar-refractivity contribution in [2.24, 2.45) is 0 Å². The smallest absolute Gasteiger partial charge is 0.399 e. The Balaban J connectivity index is 1.89. The summed E-state index contributed by atoms with van der Waals surface area (Å²) in [5.74, 6) is 0.367. The third kappa shape index (κ3) is 2.15. The van der Waals surface area contributed by atoms with Gasteiger partial charge in [0.05, 0.1) is 13.9 Å². The second kappa shape index (κ2) is 4.43. The summed E-state index contributed by atoms with van der Waals surface area (Å²) in [7, 11) is -0.512. The number of pyridine rings is 1. The summed E-state index contributed by atoms with van der Waals surface area (Å²) in [6, 6.07) is 3.45. The van der Waals surface area contributed by atoms with Crippen LogP contribution >= 0.6 is 0 Å². The van der Waals surface area contributed by atoms with Crippen LogP contribution in [0, 0.1) is 0 Å². The summed E-state index contributed by atoms with van der Waals surface area (Å²) in [4.78, 5) is 7.91. The maximum absolute atomic E-state index is 7.78. The summed E-state index contributed by atoms with van der Waals surface area (Å²) in [6.45, 7) is 7.92. The molecule has 2 aromatic heterocycles. The normalized spacial score (nSPS) is 22.4. The fraction of sp³-hybridized carbons (Fsp3) is 0.429. The van der Waals surface area contributed by atoms with Gasteiger partial charge in [-0.3, -0.25) is 4.57 Å². The number of aromatic nitrogens is 3. The van der Waals surface area contributed by atoms with Crippen molar-refractivity contribution in [1.29, 1.82) is 0 Å². The Morgan fingerprint density at radius 3 is 2.40 bits per heavy atom. The van der Waals surface area contributed by atoms with E-state index in [4.69, 9.17) is 13.4 Å². The van der Waals surface area contributed by atoms with Crippen molar-refractivity contribution in [1.82, 2.24) is 14.5 Å². The molecule has 20 heavy (non-hydrogen) atoms. The minimum absolute atomic E-state index is 0.161. The van der Waals surface area contributed by atoms with E-state index >= 15 is 0 Å². The lowest BCUT2D eigenvalue weighted by Gasteiger charge is -2.32. The van der Waals surface area contributed by atoms with Gasteiger partial charge in [-0.1, -0.05) is 6.07 Å². The SMILES string of the molecule is [2H]c1nc([2H])n(-c2ccc(B3OC(C)(C)C(C)(C)O3)cn2)c1[2H]. The fourth-order valence-electron chi connectivity index (χ4n) is 1.93. The lowest BCUT2D eigenvalue weighted by Crippen LogP contribution is -2.41. The molecule has 0 aliphatic carbocycles. The van der Waals surface area contributed by atoms with E-state index in [1.807, 2.05) is 27.7 Å². The Hall–Kier alpha value is -1.66. The van der Waals surface area contributed by atoms with Gasteiger partial charge in [-0.25, -0.2) is 9.97 Å². The van der Waals surface area contributed by atoms with Crippen molar-refractivity contribution >= 4 is 12.6 Å². The van der Waals surface area contributed by atoms with Crippen LogP contribution in [0.1, 0.15) is 31.8 Å². The van der Waals surface area contributed by atoms with E-state index in [-0.39, 0.29) is 18.6 Å². The predicted molar refractivity (Wildman–Crippen MR) is 77.1 cm³/mol. The van der Waals surface area contributed by atoms with Crippen molar-refractivity contribution in [3.63, 3.8) is 0 Å². The number of rotatable bonds is 2. The first-order valence-corrected chi connectivity index (χ1v) is 6.47. The Morgan fingerprint density at radius 1 is 1.20 bits per heavy atom. The molecular weight excluding hydrogens is 253 g/mol. The zero-order chi connectivity index (χ0) is 17.0. The van der Waals surface area contributed by atoms with Gasteiger partial charge in [0.15, 0.2) is 0 Å². The van der Waals surface area contributed by atoms with Gasteiger partial charge in [0.2, 0.25) is 0 Å². The molecular formula is C14H18BN3O2. The second-order valence-electron chi connectivity index (χ2n) is 5.81. The first kappa shape index (κ1) is 10.1. The quantitative estimate of drug-likeness (QED) is 0.780. The van der Waals surface area contributed by atoms with Crippen LogP contribution in [0.2, 0.25) is 0 Å². The van der Waals surface area contributed by atoms with Crippen LogP contribution in [0.15, 0.2) is 37.0 Å². The van der Waals surface area contributed by atoms with Crippen molar-refractivity contribution in [3.05, 3.63) is 37.0 Å². The lowest BCUT2D eigenvalue weighted by atomic mass is 9.80. The van der Waals surface area contributed by atoms with E-state index in [1.165, 1.54) is 4.57 Å². The average Bonchev–Trinajstić information content (AvgIpc) is 2.83. The molecule has 0 radical (unpaired) electrons. The molecule has 0 N–H and O–H groups in total. The van der Waals surface area contributed by atoms with E-state index < -0.39 is 18.3 Å². The standard InChI is InChI=1S/C14H18BN3O2/c1-13(2)14(3,4)20-15(19-13)11-5-6-12(17-9-11)18-8-7-16-10-18/h5-10H,1-4H3/i7D,8D,10D. The monoisotopic (exact) mass is 274 g/mol. The summed E-state index contributed by atoms with van der Waals surface area (Å²) in [5.41, 5.74) is -0.0934. The lowest BCUT2D eigenvalue weighted by molar-refractivity contribution is 0.00578. The molecule has 0 atom stereocenters. The molecule has 3 heterocycles. The van der Waals surface area contributed by atoms with Crippen LogP contribution in [0.4, 0.5) is 0 Å². The van der Waals surface area contributed by atoms with Gasteiger partial charge < -0.3 is 9.31 Å². The zero-order valence-electron chi connectivity index (χ0n) is 15.0. The Kier molecular flexibility index (Phi) is 2.24. The molecule has 1 aliphatic rings. The summed E-state index contributed by atoms with van der Waals surface area (Å²) in [5, 5.41) is 0. The van der Waals surface area contributed by atoms with Gasteiger partial charge in [-0.2, -0.15) is 0 Å². The van der Waals surface area contributed by atoms with Crippen LogP contribution in [0.25, 0.3) is 5.82 Å². The highest BCUT2D eigenvalue weighted by Crippen LogP contribution is 2.36. The average molecular weight is 274 g/mol. The zero-order valence-corrected chi connectivity index (χ0v) is 12.0. The predicted octanol–water partition coefficient (Wildman–Crippen LogP) is 1.57. The molecule has 0 amide bonds. The molecule has 2 aromatic rings. The molecule has 6 heteroatoms. The number of nitrogens with zero attached hydrogens (tertiary/aromatic N) is 3. The Bertz CT molecular complexity index is 730. The molecule has 0 saturated carbocycles. The Labute approximate surface area is 123 Å². The van der Waals surface area contributed by atoms with Crippen LogP contribution in [0.5, 0.6) is 0 Å². The van der Waals surface area contributed by atoms with Crippen LogP contribution in [0.3, 0.4) is 0 Å². The van der Waals surface area contributed by atoms with E-state index in [0.29, 0.717) is 5.82 Å². The number of hydrogen-bond donors (Lipinski definition) is 0. The highest BCUT2D eigenvalue weighted by atomic mass is 16.7. The highest BCUT2D eigenvalue weighted by molar-refractivity contribution is 6.62. The summed E-state index contributed by atoms with van der Waals surface area (Å²) in [6.07, 6.45) is 1.01. The van der Waals surface area contributed by atoms with E-state index in [0.717, 1.165) is 5.46 Å². The first-order valence-electron chi connectivity index (χ1n) is 7.97. The third-order valence-electron chi connectivity index (χ3n) is 3.89. The van der Waals surface area contributed by atoms with E-state index in [2.05, 4.69) is 9.97 Å². The van der Waals surface area contributed by atoms with Gasteiger partial charge in [0.25, 0.3) is 0 Å². The molecule has 0 bridgehead atoms. The van der Waals surface area contributed by atoms with Gasteiger partial charge in [0, 0.05) is 24.0 Å². The number of imidazole rings is 1. The van der Waals surface area contributed by atoms with Crippen LogP contribution in [-0.4, -0.2) is 32.9 Å². The van der Waals surface area contributed by atoms with Crippen molar-refractivity contribution in [2.75, 3.05) is 0 Å².